The number of thioether (sulfide) groups is 1. The summed E-state index contributed by atoms with van der Waals surface area (Å²) in [6.45, 7) is 1.82. The third kappa shape index (κ3) is 5.15. The second-order valence-electron chi connectivity index (χ2n) is 9.56. The van der Waals surface area contributed by atoms with E-state index < -0.39 is 11.3 Å². The van der Waals surface area contributed by atoms with Gasteiger partial charge in [0.2, 0.25) is 5.91 Å². The number of fused-ring (bicyclic) bond motifs is 2. The third-order valence-corrected chi connectivity index (χ3v) is 8.49. The van der Waals surface area contributed by atoms with E-state index in [-0.39, 0.29) is 24.3 Å². The van der Waals surface area contributed by atoms with Crippen LogP contribution in [0.4, 0.5) is 5.69 Å². The van der Waals surface area contributed by atoms with Crippen molar-refractivity contribution in [3.05, 3.63) is 96.2 Å². The largest absolute Gasteiger partial charge is 0.378 e. The number of aromatic nitrogens is 1. The van der Waals surface area contributed by atoms with E-state index in [2.05, 4.69) is 10.3 Å². The van der Waals surface area contributed by atoms with Gasteiger partial charge in [-0.2, -0.15) is 0 Å². The maximum atomic E-state index is 14.3. The summed E-state index contributed by atoms with van der Waals surface area (Å²) in [7, 11) is 0. The number of hydrogen-bond acceptors (Lipinski definition) is 5. The summed E-state index contributed by atoms with van der Waals surface area (Å²) in [5, 5.41) is 3.53. The second kappa shape index (κ2) is 11.0. The molecule has 0 saturated carbocycles. The van der Waals surface area contributed by atoms with Gasteiger partial charge in [-0.25, -0.2) is 0 Å². The van der Waals surface area contributed by atoms with Crippen LogP contribution in [0, 0.1) is 0 Å². The third-order valence-electron chi connectivity index (χ3n) is 7.09. The van der Waals surface area contributed by atoms with Crippen LogP contribution in [0.1, 0.15) is 21.3 Å². The Labute approximate surface area is 230 Å². The molecule has 0 spiro atoms. The second-order valence-corrected chi connectivity index (χ2v) is 10.7. The number of aromatic amines is 1. The average molecular weight is 541 g/mol. The first-order chi connectivity index (χ1) is 19.1. The highest BCUT2D eigenvalue weighted by Crippen LogP contribution is 2.45. The minimum absolute atomic E-state index is 0.114. The van der Waals surface area contributed by atoms with Crippen LogP contribution in [0.5, 0.6) is 0 Å². The van der Waals surface area contributed by atoms with Crippen molar-refractivity contribution in [2.24, 2.45) is 0 Å². The van der Waals surface area contributed by atoms with Crippen LogP contribution < -0.4 is 10.2 Å². The average Bonchev–Trinajstić information content (AvgIpc) is 3.39. The number of rotatable bonds is 5. The molecule has 2 aliphatic rings. The highest BCUT2D eigenvalue weighted by molar-refractivity contribution is 7.99. The number of ether oxygens (including phenoxy) is 1. The molecular formula is C30H28N4O4S. The van der Waals surface area contributed by atoms with Crippen LogP contribution >= 0.6 is 11.8 Å². The normalized spacial score (nSPS) is 19.4. The molecule has 2 aliphatic heterocycles. The van der Waals surface area contributed by atoms with Crippen molar-refractivity contribution in [1.82, 2.24) is 15.2 Å². The minimum atomic E-state index is -0.916. The molecule has 8 nitrogen and oxygen atoms in total. The van der Waals surface area contributed by atoms with Gasteiger partial charge in [0.05, 0.1) is 24.2 Å². The van der Waals surface area contributed by atoms with Crippen molar-refractivity contribution in [3.8, 4) is 0 Å². The fraction of sp³-hybridized carbons (Fsp3) is 0.233. The quantitative estimate of drug-likeness (QED) is 0.399. The highest BCUT2D eigenvalue weighted by Gasteiger charge is 2.40. The Morgan fingerprint density at radius 1 is 0.949 bits per heavy atom. The van der Waals surface area contributed by atoms with Crippen LogP contribution in [0.3, 0.4) is 0 Å². The summed E-state index contributed by atoms with van der Waals surface area (Å²) < 4.78 is 5.40. The molecule has 2 atom stereocenters. The zero-order valence-corrected chi connectivity index (χ0v) is 22.0. The molecule has 3 amide bonds. The van der Waals surface area contributed by atoms with Crippen molar-refractivity contribution < 1.29 is 19.1 Å². The Morgan fingerprint density at radius 3 is 2.46 bits per heavy atom. The molecule has 1 aromatic heterocycles. The molecule has 0 radical (unpaired) electrons. The lowest BCUT2D eigenvalue weighted by atomic mass is 10.0. The van der Waals surface area contributed by atoms with Gasteiger partial charge >= 0.3 is 0 Å². The molecule has 0 aliphatic carbocycles. The predicted molar refractivity (Wildman–Crippen MR) is 151 cm³/mol. The lowest BCUT2D eigenvalue weighted by Gasteiger charge is -2.31. The maximum absolute atomic E-state index is 14.3. The lowest BCUT2D eigenvalue weighted by Crippen LogP contribution is -2.53. The molecule has 39 heavy (non-hydrogen) atoms. The summed E-state index contributed by atoms with van der Waals surface area (Å²) in [6.07, 6.45) is 0. The number of benzene rings is 3. The molecule has 9 heteroatoms. The first-order valence-electron chi connectivity index (χ1n) is 12.9. The Balaban J connectivity index is 1.37. The molecule has 4 aromatic rings. The molecule has 198 valence electrons. The van der Waals surface area contributed by atoms with Crippen molar-refractivity contribution in [2.75, 3.05) is 37.7 Å². The molecule has 3 aromatic carbocycles. The van der Waals surface area contributed by atoms with E-state index in [1.807, 2.05) is 78.9 Å². The number of H-pyrrole nitrogens is 1. The van der Waals surface area contributed by atoms with Gasteiger partial charge in [-0.05, 0) is 29.8 Å². The van der Waals surface area contributed by atoms with Gasteiger partial charge in [0.15, 0.2) is 0 Å². The number of hydrogen-bond donors (Lipinski definition) is 2. The zero-order valence-electron chi connectivity index (χ0n) is 21.2. The van der Waals surface area contributed by atoms with E-state index in [0.717, 1.165) is 21.4 Å². The van der Waals surface area contributed by atoms with Gasteiger partial charge in [0.1, 0.15) is 18.3 Å². The summed E-state index contributed by atoms with van der Waals surface area (Å²) in [5.74, 6) is -0.853. The summed E-state index contributed by atoms with van der Waals surface area (Å²) in [5.41, 5.74) is 2.79. The van der Waals surface area contributed by atoms with Crippen molar-refractivity contribution in [1.29, 1.82) is 0 Å². The predicted octanol–water partition coefficient (Wildman–Crippen LogP) is 4.01. The summed E-state index contributed by atoms with van der Waals surface area (Å²) >= 11 is 1.52. The van der Waals surface area contributed by atoms with Crippen LogP contribution in [-0.4, -0.2) is 66.5 Å². The number of para-hydroxylation sites is 2. The van der Waals surface area contributed by atoms with E-state index in [9.17, 15) is 14.4 Å². The van der Waals surface area contributed by atoms with E-state index in [1.165, 1.54) is 16.7 Å². The Bertz CT molecular complexity index is 1480. The van der Waals surface area contributed by atoms with Crippen LogP contribution in [-0.2, 0) is 14.3 Å². The number of amides is 3. The zero-order chi connectivity index (χ0) is 26.8. The van der Waals surface area contributed by atoms with Gasteiger partial charge in [-0.3, -0.25) is 14.4 Å². The lowest BCUT2D eigenvalue weighted by molar-refractivity contribution is -0.135. The van der Waals surface area contributed by atoms with Gasteiger partial charge < -0.3 is 24.8 Å². The van der Waals surface area contributed by atoms with Gasteiger partial charge in [-0.1, -0.05) is 60.7 Å². The smallest absolute Gasteiger partial charge is 0.268 e. The van der Waals surface area contributed by atoms with E-state index in [4.69, 9.17) is 4.74 Å². The molecule has 1 fully saturated rings. The Hall–Kier alpha value is -4.08. The number of anilines is 1. The topological polar surface area (TPSA) is 94.7 Å². The summed E-state index contributed by atoms with van der Waals surface area (Å²) in [6, 6.07) is 25.8. The molecule has 6 rings (SSSR count). The molecule has 3 heterocycles. The monoisotopic (exact) mass is 540 g/mol. The maximum Gasteiger partial charge on any atom is 0.268 e. The van der Waals surface area contributed by atoms with Crippen molar-refractivity contribution in [2.45, 2.75) is 16.2 Å². The van der Waals surface area contributed by atoms with Crippen molar-refractivity contribution >= 4 is 46.1 Å². The van der Waals surface area contributed by atoms with Crippen LogP contribution in [0.15, 0.2) is 89.8 Å². The highest BCUT2D eigenvalue weighted by atomic mass is 32.2. The van der Waals surface area contributed by atoms with E-state index >= 15 is 0 Å². The number of nitrogens with one attached hydrogen (secondary N) is 2. The van der Waals surface area contributed by atoms with Crippen LogP contribution in [0.2, 0.25) is 0 Å². The first kappa shape index (κ1) is 25.2. The number of carbonyl (C=O) groups is 3. The molecule has 0 unspecified atom stereocenters. The van der Waals surface area contributed by atoms with Gasteiger partial charge in [-0.15, -0.1) is 11.8 Å². The number of nitrogens with zero attached hydrogens (tertiary/aromatic N) is 2. The number of carbonyl (C=O) groups excluding carboxylic acids is 3. The van der Waals surface area contributed by atoms with E-state index in [1.54, 1.807) is 11.0 Å². The van der Waals surface area contributed by atoms with E-state index in [0.29, 0.717) is 37.7 Å². The minimum Gasteiger partial charge on any atom is -0.378 e. The standard InChI is InChI=1S/C30H28N4O4S/c35-26(33-14-16-38-17-15-33)19-34-24-12-6-7-13-25(24)39-28(20-8-2-1-3-9-20)27(30(34)37)32-29(36)23-18-21-10-4-5-11-22(21)31-23/h1-13,18,27-28,31H,14-17,19H2,(H,32,36)/t27-,28-/m0/s1. The first-order valence-corrected chi connectivity index (χ1v) is 13.8. The Kier molecular flexibility index (Phi) is 7.08. The summed E-state index contributed by atoms with van der Waals surface area (Å²) in [4.78, 5) is 48.5. The molecule has 1 saturated heterocycles. The molecule has 2 N–H and O–H groups in total. The number of morpholine rings is 1. The fourth-order valence-electron chi connectivity index (χ4n) is 5.07. The SMILES string of the molecule is O=C(N[C@@H]1C(=O)N(CC(=O)N2CCOCC2)c2ccccc2S[C@H]1c1ccccc1)c1cc2ccccc2[nH]1. The van der Waals surface area contributed by atoms with Crippen molar-refractivity contribution in [3.63, 3.8) is 0 Å². The van der Waals surface area contributed by atoms with Gasteiger partial charge in [0, 0.05) is 28.9 Å². The van der Waals surface area contributed by atoms with Crippen LogP contribution in [0.25, 0.3) is 10.9 Å². The van der Waals surface area contributed by atoms with Gasteiger partial charge in [0.25, 0.3) is 11.8 Å². The molecule has 0 bridgehead atoms. The fourth-order valence-corrected chi connectivity index (χ4v) is 6.41. The Morgan fingerprint density at radius 2 is 1.67 bits per heavy atom. The molecular weight excluding hydrogens is 512 g/mol.